The Morgan fingerprint density at radius 2 is 2.09 bits per heavy atom. The van der Waals surface area contributed by atoms with E-state index in [2.05, 4.69) is 4.98 Å². The highest BCUT2D eigenvalue weighted by molar-refractivity contribution is 7.07. The van der Waals surface area contributed by atoms with E-state index < -0.39 is 0 Å². The van der Waals surface area contributed by atoms with Gasteiger partial charge >= 0.3 is 0 Å². The first-order chi connectivity index (χ1) is 11.2. The maximum absolute atomic E-state index is 12.5. The van der Waals surface area contributed by atoms with Gasteiger partial charge in [-0.3, -0.25) is 9.59 Å². The van der Waals surface area contributed by atoms with Gasteiger partial charge < -0.3 is 14.5 Å². The molecule has 3 rings (SSSR count). The Morgan fingerprint density at radius 1 is 1.30 bits per heavy atom. The molecule has 126 valence electrons. The van der Waals surface area contributed by atoms with E-state index >= 15 is 0 Å². The largest absolute Gasteiger partial charge is 0.381 e. The number of hydrogen-bond acceptors (Lipinski definition) is 5. The highest BCUT2D eigenvalue weighted by Crippen LogP contribution is 2.24. The second-order valence-corrected chi connectivity index (χ2v) is 6.91. The summed E-state index contributed by atoms with van der Waals surface area (Å²) in [5, 5.41) is 1.78. The zero-order valence-electron chi connectivity index (χ0n) is 13.4. The van der Waals surface area contributed by atoms with Gasteiger partial charge in [0.25, 0.3) is 5.91 Å². The molecule has 1 atom stereocenters. The highest BCUT2D eigenvalue weighted by Gasteiger charge is 2.34. The molecule has 0 radical (unpaired) electrons. The van der Waals surface area contributed by atoms with Gasteiger partial charge in [0.05, 0.1) is 5.51 Å². The van der Waals surface area contributed by atoms with Crippen LogP contribution in [0.3, 0.4) is 0 Å². The quantitative estimate of drug-likeness (QED) is 0.843. The summed E-state index contributed by atoms with van der Waals surface area (Å²) in [5.74, 6) is 0.0799. The molecule has 3 heterocycles. The Balaban J connectivity index is 1.70. The van der Waals surface area contributed by atoms with Crippen molar-refractivity contribution in [2.75, 3.05) is 26.3 Å². The van der Waals surface area contributed by atoms with Crippen LogP contribution in [0.4, 0.5) is 0 Å². The molecule has 2 amide bonds. The maximum atomic E-state index is 12.5. The molecule has 7 heteroatoms. The molecule has 1 aromatic heterocycles. The third-order valence-corrected chi connectivity index (χ3v) is 5.26. The van der Waals surface area contributed by atoms with Gasteiger partial charge in [-0.15, -0.1) is 11.3 Å². The number of nitrogens with zero attached hydrogens (tertiary/aromatic N) is 3. The van der Waals surface area contributed by atoms with Crippen LogP contribution in [0.1, 0.15) is 43.1 Å². The van der Waals surface area contributed by atoms with Crippen LogP contribution in [0.2, 0.25) is 0 Å². The predicted molar refractivity (Wildman–Crippen MR) is 87.4 cm³/mol. The van der Waals surface area contributed by atoms with Crippen LogP contribution < -0.4 is 0 Å². The zero-order valence-corrected chi connectivity index (χ0v) is 14.3. The predicted octanol–water partition coefficient (Wildman–Crippen LogP) is 1.78. The van der Waals surface area contributed by atoms with Crippen molar-refractivity contribution in [1.82, 2.24) is 14.8 Å². The molecule has 0 bridgehead atoms. The second-order valence-electron chi connectivity index (χ2n) is 6.19. The van der Waals surface area contributed by atoms with Gasteiger partial charge in [-0.1, -0.05) is 0 Å². The van der Waals surface area contributed by atoms with E-state index in [0.29, 0.717) is 25.5 Å². The Morgan fingerprint density at radius 3 is 2.74 bits per heavy atom. The number of likely N-dealkylation sites (tertiary alicyclic amines) is 1. The number of amides is 2. The molecule has 0 spiro atoms. The lowest BCUT2D eigenvalue weighted by molar-refractivity contribution is -0.137. The van der Waals surface area contributed by atoms with Gasteiger partial charge in [-0.2, -0.15) is 0 Å². The molecule has 23 heavy (non-hydrogen) atoms. The Labute approximate surface area is 140 Å². The summed E-state index contributed by atoms with van der Waals surface area (Å²) in [5.41, 5.74) is 2.19. The van der Waals surface area contributed by atoms with Crippen LogP contribution in [-0.2, 0) is 9.53 Å². The van der Waals surface area contributed by atoms with Gasteiger partial charge in [0, 0.05) is 50.7 Å². The number of aromatic nitrogens is 1. The lowest BCUT2D eigenvalue weighted by Crippen LogP contribution is -2.55. The smallest absolute Gasteiger partial charge is 0.273 e. The van der Waals surface area contributed by atoms with Crippen LogP contribution in [0, 0.1) is 0 Å². The van der Waals surface area contributed by atoms with Crippen molar-refractivity contribution in [3.8, 4) is 0 Å². The van der Waals surface area contributed by atoms with E-state index in [0.717, 1.165) is 32.2 Å². The summed E-state index contributed by atoms with van der Waals surface area (Å²) in [6.45, 7) is 4.40. The summed E-state index contributed by atoms with van der Waals surface area (Å²) in [7, 11) is 0. The second kappa shape index (κ2) is 7.40. The minimum atomic E-state index is -0.0218. The minimum absolute atomic E-state index is 0.0218. The molecular weight excluding hydrogens is 314 g/mol. The van der Waals surface area contributed by atoms with Crippen molar-refractivity contribution in [2.24, 2.45) is 0 Å². The van der Waals surface area contributed by atoms with Gasteiger partial charge in [-0.25, -0.2) is 4.98 Å². The fraction of sp³-hybridized carbons (Fsp3) is 0.688. The first-order valence-corrected chi connectivity index (χ1v) is 9.15. The fourth-order valence-electron chi connectivity index (χ4n) is 3.62. The molecule has 2 fully saturated rings. The Hall–Kier alpha value is -1.47. The summed E-state index contributed by atoms with van der Waals surface area (Å²) in [4.78, 5) is 32.7. The molecule has 1 unspecified atom stereocenters. The SMILES string of the molecule is CC(=O)N(C1CCOCC1)C1CCCN(C(=O)c2cscn2)C1. The molecule has 0 aromatic carbocycles. The van der Waals surface area contributed by atoms with E-state index in [-0.39, 0.29) is 23.9 Å². The van der Waals surface area contributed by atoms with E-state index in [1.54, 1.807) is 17.8 Å². The Kier molecular flexibility index (Phi) is 5.27. The monoisotopic (exact) mass is 337 g/mol. The van der Waals surface area contributed by atoms with Crippen LogP contribution in [-0.4, -0.2) is 65.0 Å². The van der Waals surface area contributed by atoms with Gasteiger partial charge in [0.2, 0.25) is 5.91 Å². The third-order valence-electron chi connectivity index (χ3n) is 4.68. The van der Waals surface area contributed by atoms with E-state index in [9.17, 15) is 9.59 Å². The van der Waals surface area contributed by atoms with E-state index in [4.69, 9.17) is 4.74 Å². The van der Waals surface area contributed by atoms with E-state index in [1.165, 1.54) is 11.3 Å². The zero-order chi connectivity index (χ0) is 16.2. The molecule has 0 aliphatic carbocycles. The fourth-order valence-corrected chi connectivity index (χ4v) is 4.15. The molecule has 1 aromatic rings. The summed E-state index contributed by atoms with van der Waals surface area (Å²) >= 11 is 1.43. The van der Waals surface area contributed by atoms with Crippen molar-refractivity contribution >= 4 is 23.2 Å². The first kappa shape index (κ1) is 16.4. The van der Waals surface area contributed by atoms with Crippen LogP contribution in [0.15, 0.2) is 10.9 Å². The number of thiazole rings is 1. The number of rotatable bonds is 3. The minimum Gasteiger partial charge on any atom is -0.381 e. The summed E-state index contributed by atoms with van der Waals surface area (Å²) in [6.07, 6.45) is 3.65. The van der Waals surface area contributed by atoms with Crippen molar-refractivity contribution < 1.29 is 14.3 Å². The average molecular weight is 337 g/mol. The molecule has 6 nitrogen and oxygen atoms in total. The Bertz CT molecular complexity index is 543. The number of piperidine rings is 1. The van der Waals surface area contributed by atoms with Crippen LogP contribution in [0.5, 0.6) is 0 Å². The lowest BCUT2D eigenvalue weighted by atomic mass is 9.98. The molecular formula is C16H23N3O3S. The average Bonchev–Trinajstić information content (AvgIpc) is 3.10. The van der Waals surface area contributed by atoms with Crippen molar-refractivity contribution in [1.29, 1.82) is 0 Å². The van der Waals surface area contributed by atoms with Gasteiger partial charge in [0.1, 0.15) is 5.69 Å². The highest BCUT2D eigenvalue weighted by atomic mass is 32.1. The van der Waals surface area contributed by atoms with Crippen molar-refractivity contribution in [3.05, 3.63) is 16.6 Å². The van der Waals surface area contributed by atoms with Gasteiger partial charge in [-0.05, 0) is 25.7 Å². The topological polar surface area (TPSA) is 62.7 Å². The molecule has 0 saturated carbocycles. The van der Waals surface area contributed by atoms with Crippen molar-refractivity contribution in [2.45, 2.75) is 44.7 Å². The normalized spacial score (nSPS) is 22.8. The number of carbonyl (C=O) groups is 2. The molecule has 2 saturated heterocycles. The maximum Gasteiger partial charge on any atom is 0.273 e. The van der Waals surface area contributed by atoms with Crippen LogP contribution in [0.25, 0.3) is 0 Å². The first-order valence-electron chi connectivity index (χ1n) is 8.21. The van der Waals surface area contributed by atoms with Gasteiger partial charge in [0.15, 0.2) is 0 Å². The number of ether oxygens (including phenoxy) is 1. The molecule has 0 N–H and O–H groups in total. The summed E-state index contributed by atoms with van der Waals surface area (Å²) in [6, 6.07) is 0.340. The van der Waals surface area contributed by atoms with Crippen molar-refractivity contribution in [3.63, 3.8) is 0 Å². The van der Waals surface area contributed by atoms with E-state index in [1.807, 2.05) is 9.80 Å². The number of hydrogen-bond donors (Lipinski definition) is 0. The molecule has 2 aliphatic heterocycles. The molecule has 2 aliphatic rings. The summed E-state index contributed by atoms with van der Waals surface area (Å²) < 4.78 is 5.42. The number of carbonyl (C=O) groups excluding carboxylic acids is 2. The standard InChI is InChI=1S/C16H23N3O3S/c1-12(20)19(13-4-7-22-8-5-13)14-3-2-6-18(9-14)16(21)15-10-23-11-17-15/h10-11,13-14H,2-9H2,1H3. The van der Waals surface area contributed by atoms with Crippen LogP contribution >= 0.6 is 11.3 Å². The third kappa shape index (κ3) is 3.72. The lowest BCUT2D eigenvalue weighted by Gasteiger charge is -2.43.